The number of alkyl halides is 3. The molecule has 0 N–H and O–H groups in total. The van der Waals surface area contributed by atoms with E-state index in [2.05, 4.69) is 9.72 Å². The van der Waals surface area contributed by atoms with E-state index in [4.69, 9.17) is 0 Å². The summed E-state index contributed by atoms with van der Waals surface area (Å²) in [5.41, 5.74) is -0.337. The molecule has 31 heavy (non-hydrogen) atoms. The molecule has 10 heteroatoms. The highest BCUT2D eigenvalue weighted by molar-refractivity contribution is 7.92. The van der Waals surface area contributed by atoms with Crippen LogP contribution in [0.4, 0.5) is 19.0 Å². The Morgan fingerprint density at radius 1 is 1.03 bits per heavy atom. The molecule has 0 aliphatic heterocycles. The first-order chi connectivity index (χ1) is 14.6. The van der Waals surface area contributed by atoms with Gasteiger partial charge in [0.05, 0.1) is 29.7 Å². The van der Waals surface area contributed by atoms with Crippen LogP contribution >= 0.6 is 0 Å². The lowest BCUT2D eigenvalue weighted by molar-refractivity contribution is -0.137. The van der Waals surface area contributed by atoms with Gasteiger partial charge in [0.2, 0.25) is 0 Å². The molecule has 0 saturated heterocycles. The summed E-state index contributed by atoms with van der Waals surface area (Å²) in [6.07, 6.45) is -3.76. The molecule has 0 amide bonds. The van der Waals surface area contributed by atoms with Gasteiger partial charge in [-0.1, -0.05) is 30.3 Å². The predicted molar refractivity (Wildman–Crippen MR) is 107 cm³/mol. The molecular weight excluding hydrogens is 433 g/mol. The van der Waals surface area contributed by atoms with Crippen molar-refractivity contribution in [3.05, 3.63) is 89.6 Å². The lowest BCUT2D eigenvalue weighted by atomic mass is 10.2. The maximum Gasteiger partial charge on any atom is 0.416 e. The number of nitrogens with zero attached hydrogens (tertiary/aromatic N) is 2. The fraction of sp³-hybridized carbons (Fsp3) is 0.143. The Balaban J connectivity index is 2.08. The van der Waals surface area contributed by atoms with Gasteiger partial charge in [0.25, 0.3) is 10.0 Å². The van der Waals surface area contributed by atoms with Crippen LogP contribution in [-0.4, -0.2) is 26.5 Å². The van der Waals surface area contributed by atoms with Crippen LogP contribution in [0.1, 0.15) is 21.5 Å². The van der Waals surface area contributed by atoms with Crippen LogP contribution in [0.2, 0.25) is 0 Å². The maximum atomic E-state index is 13.3. The van der Waals surface area contributed by atoms with Crippen LogP contribution in [0.15, 0.2) is 77.8 Å². The van der Waals surface area contributed by atoms with Gasteiger partial charge in [0, 0.05) is 6.20 Å². The lowest BCUT2D eigenvalue weighted by Crippen LogP contribution is -2.31. The summed E-state index contributed by atoms with van der Waals surface area (Å²) in [6.45, 7) is -0.240. The van der Waals surface area contributed by atoms with Crippen molar-refractivity contribution >= 4 is 21.8 Å². The molecule has 162 valence electrons. The minimum absolute atomic E-state index is 0.133. The van der Waals surface area contributed by atoms with E-state index in [1.807, 2.05) is 0 Å². The highest BCUT2D eigenvalue weighted by atomic mass is 32.2. The number of aromatic nitrogens is 1. The van der Waals surface area contributed by atoms with E-state index in [0.717, 1.165) is 16.6 Å². The minimum Gasteiger partial charge on any atom is -0.465 e. The number of sulfonamides is 1. The molecule has 3 rings (SSSR count). The fourth-order valence-electron chi connectivity index (χ4n) is 2.78. The summed E-state index contributed by atoms with van der Waals surface area (Å²) in [6, 6.07) is 14.8. The second-order valence-electron chi connectivity index (χ2n) is 6.41. The monoisotopic (exact) mass is 450 g/mol. The van der Waals surface area contributed by atoms with Crippen molar-refractivity contribution < 1.29 is 31.1 Å². The van der Waals surface area contributed by atoms with Crippen molar-refractivity contribution in [2.45, 2.75) is 17.6 Å². The maximum absolute atomic E-state index is 13.3. The summed E-state index contributed by atoms with van der Waals surface area (Å²) < 4.78 is 71.6. The van der Waals surface area contributed by atoms with Crippen molar-refractivity contribution in [3.63, 3.8) is 0 Å². The molecule has 0 atom stereocenters. The molecule has 0 spiro atoms. The van der Waals surface area contributed by atoms with Crippen LogP contribution in [0.5, 0.6) is 0 Å². The average Bonchev–Trinajstić information content (AvgIpc) is 2.77. The normalized spacial score (nSPS) is 11.7. The Labute approximate surface area is 177 Å². The molecule has 0 aliphatic rings. The van der Waals surface area contributed by atoms with E-state index >= 15 is 0 Å². The van der Waals surface area contributed by atoms with Gasteiger partial charge in [-0.25, -0.2) is 22.5 Å². The zero-order valence-electron chi connectivity index (χ0n) is 16.2. The number of anilines is 1. The summed E-state index contributed by atoms with van der Waals surface area (Å²) in [5, 5.41) is 0. The number of benzene rings is 2. The highest BCUT2D eigenvalue weighted by Gasteiger charge is 2.33. The zero-order valence-corrected chi connectivity index (χ0v) is 17.0. The Morgan fingerprint density at radius 3 is 2.26 bits per heavy atom. The van der Waals surface area contributed by atoms with Gasteiger partial charge in [-0.05, 0) is 42.0 Å². The SMILES string of the molecule is COC(=O)c1ccc(S(=O)(=O)N(Cc2ccccc2)c2cc(C(F)(F)F)ccn2)cc1. The molecule has 1 heterocycles. The van der Waals surface area contributed by atoms with Crippen molar-refractivity contribution in [2.24, 2.45) is 0 Å². The third kappa shape index (κ3) is 5.02. The van der Waals surface area contributed by atoms with Crippen LogP contribution < -0.4 is 4.31 Å². The molecule has 0 fully saturated rings. The van der Waals surface area contributed by atoms with E-state index in [1.54, 1.807) is 30.3 Å². The van der Waals surface area contributed by atoms with Gasteiger partial charge in [0.15, 0.2) is 0 Å². The highest BCUT2D eigenvalue weighted by Crippen LogP contribution is 2.32. The Morgan fingerprint density at radius 2 is 1.68 bits per heavy atom. The Bertz CT molecular complexity index is 1170. The lowest BCUT2D eigenvalue weighted by Gasteiger charge is -2.24. The second-order valence-corrected chi connectivity index (χ2v) is 8.28. The predicted octanol–water partition coefficient (Wildman–Crippen LogP) is 4.28. The molecule has 0 saturated carbocycles. The van der Waals surface area contributed by atoms with Gasteiger partial charge >= 0.3 is 12.1 Å². The summed E-state index contributed by atoms with van der Waals surface area (Å²) in [5.74, 6) is -1.03. The van der Waals surface area contributed by atoms with Crippen molar-refractivity contribution in [1.82, 2.24) is 4.98 Å². The molecule has 1 aromatic heterocycles. The van der Waals surface area contributed by atoms with E-state index in [1.165, 1.54) is 31.4 Å². The standard InChI is InChI=1S/C21H17F3N2O4S/c1-30-20(27)16-7-9-18(10-8-16)31(28,29)26(14-15-5-3-2-4-6-15)19-13-17(11-12-25-19)21(22,23)24/h2-13H,14H2,1H3. The van der Waals surface area contributed by atoms with Crippen LogP contribution in [-0.2, 0) is 27.5 Å². The smallest absolute Gasteiger partial charge is 0.416 e. The topological polar surface area (TPSA) is 76.6 Å². The van der Waals surface area contributed by atoms with Crippen molar-refractivity contribution in [3.8, 4) is 0 Å². The number of methoxy groups -OCH3 is 1. The first kappa shape index (κ1) is 22.3. The Kier molecular flexibility index (Phi) is 6.30. The van der Waals surface area contributed by atoms with Crippen molar-refractivity contribution in [2.75, 3.05) is 11.4 Å². The van der Waals surface area contributed by atoms with E-state index in [9.17, 15) is 26.4 Å². The fourth-order valence-corrected chi connectivity index (χ4v) is 4.18. The van der Waals surface area contributed by atoms with Crippen molar-refractivity contribution in [1.29, 1.82) is 0 Å². The summed E-state index contributed by atoms with van der Waals surface area (Å²) in [7, 11) is -3.12. The minimum atomic E-state index is -4.66. The molecule has 0 aliphatic carbocycles. The van der Waals surface area contributed by atoms with Gasteiger partial charge in [-0.2, -0.15) is 13.2 Å². The Hall–Kier alpha value is -3.40. The van der Waals surface area contributed by atoms with Gasteiger partial charge in [-0.15, -0.1) is 0 Å². The quantitative estimate of drug-likeness (QED) is 0.524. The van der Waals surface area contributed by atoms with Crippen LogP contribution in [0.25, 0.3) is 0 Å². The van der Waals surface area contributed by atoms with E-state index in [0.29, 0.717) is 11.6 Å². The van der Waals surface area contributed by atoms with E-state index < -0.39 is 27.7 Å². The molecule has 3 aromatic rings. The number of rotatable bonds is 6. The largest absolute Gasteiger partial charge is 0.465 e. The van der Waals surface area contributed by atoms with Crippen LogP contribution in [0, 0.1) is 0 Å². The number of ether oxygens (including phenoxy) is 1. The number of halogens is 3. The molecular formula is C21H17F3N2O4S. The number of carbonyl (C=O) groups excluding carboxylic acids is 1. The number of carbonyl (C=O) groups is 1. The third-order valence-electron chi connectivity index (χ3n) is 4.36. The van der Waals surface area contributed by atoms with Crippen LogP contribution in [0.3, 0.4) is 0 Å². The molecule has 0 radical (unpaired) electrons. The van der Waals surface area contributed by atoms with E-state index in [-0.39, 0.29) is 22.8 Å². The first-order valence-corrected chi connectivity index (χ1v) is 10.4. The molecule has 6 nitrogen and oxygen atoms in total. The second kappa shape index (κ2) is 8.76. The number of hydrogen-bond donors (Lipinski definition) is 0. The zero-order chi connectivity index (χ0) is 22.6. The summed E-state index contributed by atoms with van der Waals surface area (Å²) >= 11 is 0. The third-order valence-corrected chi connectivity index (χ3v) is 6.13. The van der Waals surface area contributed by atoms with Gasteiger partial charge < -0.3 is 4.74 Å². The average molecular weight is 450 g/mol. The number of hydrogen-bond acceptors (Lipinski definition) is 5. The van der Waals surface area contributed by atoms with Gasteiger partial charge in [-0.3, -0.25) is 0 Å². The first-order valence-electron chi connectivity index (χ1n) is 8.91. The molecule has 2 aromatic carbocycles. The number of esters is 1. The molecule has 0 unspecified atom stereocenters. The van der Waals surface area contributed by atoms with Gasteiger partial charge in [0.1, 0.15) is 5.82 Å². The molecule has 0 bridgehead atoms. The summed E-state index contributed by atoms with van der Waals surface area (Å²) in [4.78, 5) is 15.3. The number of pyridine rings is 1.